The Morgan fingerprint density at radius 2 is 0.897 bits per heavy atom. The molecule has 3 atom stereocenters. The number of allylic oxidation sites excluding steroid dienone is 9. The molecule has 1 amide bonds. The number of carbonyl (C=O) groups excluding carboxylic acids is 2. The lowest BCUT2D eigenvalue weighted by molar-refractivity contribution is -0.150. The lowest BCUT2D eigenvalue weighted by Crippen LogP contribution is -2.46. The molecule has 3 unspecified atom stereocenters. The highest BCUT2D eigenvalue weighted by Gasteiger charge is 2.23. The van der Waals surface area contributed by atoms with Gasteiger partial charge in [0.05, 0.1) is 25.2 Å². The Balaban J connectivity index is 4.74. The molecule has 0 rings (SSSR count). The van der Waals surface area contributed by atoms with E-state index in [4.69, 9.17) is 4.74 Å². The molecule has 0 radical (unpaired) electrons. The minimum atomic E-state index is -0.810. The Morgan fingerprint density at radius 3 is 1.31 bits per heavy atom. The molecule has 336 valence electrons. The van der Waals surface area contributed by atoms with E-state index in [0.29, 0.717) is 19.3 Å². The SMILES string of the molecule is CC/C=C\C/C=C\C/C=C\C/C=C\C/C=C\CC(CC(=O)NC(CO)C(O)CCCCCCCCCCCCCC)OC(=O)CCCCCCCCCCCCCC. The maximum atomic E-state index is 13.1. The third-order valence-corrected chi connectivity index (χ3v) is 10.9. The minimum Gasteiger partial charge on any atom is -0.461 e. The molecule has 6 nitrogen and oxygen atoms in total. The summed E-state index contributed by atoms with van der Waals surface area (Å²) in [5.41, 5.74) is 0. The molecule has 0 aliphatic heterocycles. The van der Waals surface area contributed by atoms with E-state index in [-0.39, 0.29) is 24.9 Å². The third kappa shape index (κ3) is 40.3. The molecule has 0 heterocycles. The Morgan fingerprint density at radius 1 is 0.517 bits per heavy atom. The zero-order valence-corrected chi connectivity index (χ0v) is 38.2. The highest BCUT2D eigenvalue weighted by atomic mass is 16.5. The number of hydrogen-bond donors (Lipinski definition) is 3. The van der Waals surface area contributed by atoms with Gasteiger partial charge in [-0.15, -0.1) is 0 Å². The summed E-state index contributed by atoms with van der Waals surface area (Å²) in [4.78, 5) is 26.0. The fourth-order valence-corrected chi connectivity index (χ4v) is 7.16. The van der Waals surface area contributed by atoms with Gasteiger partial charge in [-0.2, -0.15) is 0 Å². The van der Waals surface area contributed by atoms with Crippen LogP contribution in [0.15, 0.2) is 60.8 Å². The van der Waals surface area contributed by atoms with E-state index in [1.165, 1.54) is 116 Å². The first-order valence-electron chi connectivity index (χ1n) is 24.5. The molecule has 0 aliphatic rings. The average Bonchev–Trinajstić information content (AvgIpc) is 3.22. The monoisotopic (exact) mass is 812 g/mol. The van der Waals surface area contributed by atoms with Crippen LogP contribution in [0.5, 0.6) is 0 Å². The van der Waals surface area contributed by atoms with Gasteiger partial charge in [-0.05, 0) is 44.9 Å². The van der Waals surface area contributed by atoms with E-state index in [1.807, 2.05) is 12.2 Å². The number of esters is 1. The predicted molar refractivity (Wildman–Crippen MR) is 250 cm³/mol. The van der Waals surface area contributed by atoms with Gasteiger partial charge in [0, 0.05) is 12.8 Å². The maximum absolute atomic E-state index is 13.1. The van der Waals surface area contributed by atoms with E-state index in [9.17, 15) is 19.8 Å². The van der Waals surface area contributed by atoms with Gasteiger partial charge in [-0.25, -0.2) is 0 Å². The quantitative estimate of drug-likeness (QED) is 0.0324. The Hall–Kier alpha value is -2.44. The second-order valence-corrected chi connectivity index (χ2v) is 16.5. The fourth-order valence-electron chi connectivity index (χ4n) is 7.16. The topological polar surface area (TPSA) is 95.9 Å². The van der Waals surface area contributed by atoms with Crippen molar-refractivity contribution in [1.82, 2.24) is 5.32 Å². The average molecular weight is 812 g/mol. The number of unbranched alkanes of at least 4 members (excludes halogenated alkanes) is 22. The molecule has 0 aliphatic carbocycles. The summed E-state index contributed by atoms with van der Waals surface area (Å²) >= 11 is 0. The van der Waals surface area contributed by atoms with Crippen molar-refractivity contribution in [3.05, 3.63) is 60.8 Å². The molecular weight excluding hydrogens is 719 g/mol. The summed E-state index contributed by atoms with van der Waals surface area (Å²) < 4.78 is 5.85. The van der Waals surface area contributed by atoms with Gasteiger partial charge < -0.3 is 20.3 Å². The van der Waals surface area contributed by atoms with Crippen LogP contribution in [-0.4, -0.2) is 46.9 Å². The molecule has 6 heteroatoms. The highest BCUT2D eigenvalue weighted by Crippen LogP contribution is 2.16. The van der Waals surface area contributed by atoms with Crippen molar-refractivity contribution in [2.45, 2.75) is 251 Å². The number of aliphatic hydroxyl groups excluding tert-OH is 2. The molecule has 3 N–H and O–H groups in total. The van der Waals surface area contributed by atoms with Gasteiger partial charge in [0.25, 0.3) is 0 Å². The molecule has 0 bridgehead atoms. The van der Waals surface area contributed by atoms with Crippen molar-refractivity contribution in [1.29, 1.82) is 0 Å². The second-order valence-electron chi connectivity index (χ2n) is 16.5. The van der Waals surface area contributed by atoms with Gasteiger partial charge in [0.2, 0.25) is 5.91 Å². The van der Waals surface area contributed by atoms with Crippen molar-refractivity contribution < 1.29 is 24.5 Å². The lowest BCUT2D eigenvalue weighted by Gasteiger charge is -2.24. The van der Waals surface area contributed by atoms with Crippen molar-refractivity contribution in [3.8, 4) is 0 Å². The van der Waals surface area contributed by atoms with E-state index < -0.39 is 18.2 Å². The van der Waals surface area contributed by atoms with Crippen LogP contribution in [0.1, 0.15) is 233 Å². The largest absolute Gasteiger partial charge is 0.461 e. The van der Waals surface area contributed by atoms with Gasteiger partial charge in [-0.3, -0.25) is 9.59 Å². The number of rotatable bonds is 43. The maximum Gasteiger partial charge on any atom is 0.306 e. The van der Waals surface area contributed by atoms with Crippen molar-refractivity contribution in [2.24, 2.45) is 0 Å². The highest BCUT2D eigenvalue weighted by molar-refractivity contribution is 5.77. The standard InChI is InChI=1S/C52H93NO5/c1-4-7-10-13-16-19-22-25-26-27-28-31-34-37-40-43-48(58-52(57)45-42-39-36-33-30-24-21-18-15-12-9-6-3)46-51(56)53-49(47-54)50(55)44-41-38-35-32-29-23-20-17-14-11-8-5-2/h7,10,16,19,25-26,28,31,37,40,48-50,54-55H,4-6,8-9,11-15,17-18,20-24,27,29-30,32-36,38-39,41-47H2,1-3H3,(H,53,56)/b10-7-,19-16-,26-25-,31-28-,40-37-. The van der Waals surface area contributed by atoms with Crippen LogP contribution < -0.4 is 5.32 Å². The van der Waals surface area contributed by atoms with E-state index in [0.717, 1.165) is 70.6 Å². The Labute approximate surface area is 358 Å². The van der Waals surface area contributed by atoms with Gasteiger partial charge in [0.1, 0.15) is 6.10 Å². The number of carbonyl (C=O) groups is 2. The van der Waals surface area contributed by atoms with Crippen LogP contribution in [0.4, 0.5) is 0 Å². The van der Waals surface area contributed by atoms with Crippen LogP contribution in [0.25, 0.3) is 0 Å². The van der Waals surface area contributed by atoms with E-state index in [2.05, 4.69) is 74.7 Å². The van der Waals surface area contributed by atoms with Gasteiger partial charge in [0.15, 0.2) is 0 Å². The van der Waals surface area contributed by atoms with Crippen LogP contribution >= 0.6 is 0 Å². The van der Waals surface area contributed by atoms with Crippen LogP contribution in [0, 0.1) is 0 Å². The molecule has 0 aromatic rings. The first kappa shape index (κ1) is 55.6. The minimum absolute atomic E-state index is 0.000317. The van der Waals surface area contributed by atoms with Crippen LogP contribution in [0.2, 0.25) is 0 Å². The zero-order valence-electron chi connectivity index (χ0n) is 38.2. The molecule has 0 fully saturated rings. The smallest absolute Gasteiger partial charge is 0.306 e. The van der Waals surface area contributed by atoms with Crippen LogP contribution in [-0.2, 0) is 14.3 Å². The summed E-state index contributed by atoms with van der Waals surface area (Å²) in [5, 5.41) is 23.7. The Bertz CT molecular complexity index is 1050. The van der Waals surface area contributed by atoms with Crippen LogP contribution in [0.3, 0.4) is 0 Å². The summed E-state index contributed by atoms with van der Waals surface area (Å²) in [5.74, 6) is -0.578. The van der Waals surface area contributed by atoms with Crippen molar-refractivity contribution in [3.63, 3.8) is 0 Å². The Kier molecular flexibility index (Phi) is 43.7. The molecule has 0 aromatic heterocycles. The van der Waals surface area contributed by atoms with E-state index >= 15 is 0 Å². The number of ether oxygens (including phenoxy) is 1. The summed E-state index contributed by atoms with van der Waals surface area (Å²) in [6.45, 7) is 6.33. The first-order chi connectivity index (χ1) is 28.5. The van der Waals surface area contributed by atoms with Gasteiger partial charge in [-0.1, -0.05) is 229 Å². The summed E-state index contributed by atoms with van der Waals surface area (Å²) in [6, 6.07) is -0.730. The first-order valence-corrected chi connectivity index (χ1v) is 24.5. The van der Waals surface area contributed by atoms with Gasteiger partial charge >= 0.3 is 5.97 Å². The number of amides is 1. The predicted octanol–water partition coefficient (Wildman–Crippen LogP) is 14.5. The van der Waals surface area contributed by atoms with Crippen molar-refractivity contribution in [2.75, 3.05) is 6.61 Å². The van der Waals surface area contributed by atoms with Crippen molar-refractivity contribution >= 4 is 11.9 Å². The molecule has 0 aromatic carbocycles. The third-order valence-electron chi connectivity index (χ3n) is 10.9. The molecule has 0 saturated carbocycles. The summed E-state index contributed by atoms with van der Waals surface area (Å²) in [6.07, 6.45) is 55.8. The van der Waals surface area contributed by atoms with E-state index in [1.54, 1.807) is 0 Å². The number of nitrogens with one attached hydrogen (secondary N) is 1. The lowest BCUT2D eigenvalue weighted by atomic mass is 10.0. The summed E-state index contributed by atoms with van der Waals surface area (Å²) in [7, 11) is 0. The second kappa shape index (κ2) is 45.6. The number of aliphatic hydroxyl groups is 2. The number of hydrogen-bond acceptors (Lipinski definition) is 5. The normalized spacial score (nSPS) is 13.8. The molecule has 0 saturated heterocycles. The fraction of sp³-hybridized carbons (Fsp3) is 0.769. The zero-order chi connectivity index (χ0) is 42.4. The molecule has 58 heavy (non-hydrogen) atoms. The molecular formula is C52H93NO5. The molecule has 0 spiro atoms.